The van der Waals surface area contributed by atoms with Gasteiger partial charge in [-0.1, -0.05) is 0 Å². The third-order valence-corrected chi connectivity index (χ3v) is 3.45. The molecule has 2 rings (SSSR count). The number of hydrogen-bond acceptors (Lipinski definition) is 4. The zero-order valence-corrected chi connectivity index (χ0v) is 11.1. The fraction of sp³-hybridized carbons (Fsp3) is 0.769. The van der Waals surface area contributed by atoms with Crippen LogP contribution in [-0.4, -0.2) is 31.2 Å². The van der Waals surface area contributed by atoms with Crippen molar-refractivity contribution in [2.75, 3.05) is 20.3 Å². The Balaban J connectivity index is 1.80. The van der Waals surface area contributed by atoms with Crippen LogP contribution >= 0.6 is 0 Å². The molecule has 1 fully saturated rings. The van der Waals surface area contributed by atoms with Crippen molar-refractivity contribution in [1.29, 1.82) is 0 Å². The molecule has 0 saturated heterocycles. The van der Waals surface area contributed by atoms with Gasteiger partial charge < -0.3 is 14.5 Å². The number of methoxy groups -OCH3 is 1. The molecule has 6 heteroatoms. The van der Waals surface area contributed by atoms with E-state index in [4.69, 9.17) is 9.15 Å². The van der Waals surface area contributed by atoms with Crippen molar-refractivity contribution in [3.8, 4) is 0 Å². The smallest absolute Gasteiger partial charge is 0.248 e. The van der Waals surface area contributed by atoms with Gasteiger partial charge >= 0.3 is 0 Å². The van der Waals surface area contributed by atoms with Crippen LogP contribution in [0.3, 0.4) is 0 Å². The Morgan fingerprint density at radius 2 is 2.21 bits per heavy atom. The molecule has 0 unspecified atom stereocenters. The van der Waals surface area contributed by atoms with Crippen molar-refractivity contribution in [1.82, 2.24) is 10.3 Å². The summed E-state index contributed by atoms with van der Waals surface area (Å²) in [5, 5.41) is 3.13. The molecule has 1 aliphatic rings. The SMILES string of the molecule is COCCNCc1ncc(C2CCC(F)(F)CC2)o1. The zero-order chi connectivity index (χ0) is 13.7. The molecular weight excluding hydrogens is 254 g/mol. The number of nitrogens with one attached hydrogen (secondary N) is 1. The molecule has 1 aromatic heterocycles. The number of rotatable bonds is 6. The van der Waals surface area contributed by atoms with Crippen molar-refractivity contribution in [3.63, 3.8) is 0 Å². The lowest BCUT2D eigenvalue weighted by Gasteiger charge is -2.26. The quantitative estimate of drug-likeness (QED) is 0.810. The molecule has 0 atom stereocenters. The van der Waals surface area contributed by atoms with Gasteiger partial charge in [-0.25, -0.2) is 13.8 Å². The Hall–Kier alpha value is -1.01. The first-order valence-corrected chi connectivity index (χ1v) is 6.63. The summed E-state index contributed by atoms with van der Waals surface area (Å²) in [4.78, 5) is 4.17. The Morgan fingerprint density at radius 3 is 2.89 bits per heavy atom. The van der Waals surface area contributed by atoms with Gasteiger partial charge in [0.25, 0.3) is 0 Å². The molecule has 0 spiro atoms. The van der Waals surface area contributed by atoms with Crippen molar-refractivity contribution < 1.29 is 17.9 Å². The number of hydrogen-bond donors (Lipinski definition) is 1. The number of ether oxygens (including phenoxy) is 1. The van der Waals surface area contributed by atoms with Crippen LogP contribution in [0.4, 0.5) is 8.78 Å². The second-order valence-electron chi connectivity index (χ2n) is 4.96. The summed E-state index contributed by atoms with van der Waals surface area (Å²) in [5.41, 5.74) is 0. The Labute approximate surface area is 111 Å². The van der Waals surface area contributed by atoms with E-state index in [2.05, 4.69) is 10.3 Å². The van der Waals surface area contributed by atoms with Crippen LogP contribution < -0.4 is 5.32 Å². The van der Waals surface area contributed by atoms with Gasteiger partial charge in [0, 0.05) is 32.4 Å². The molecule has 1 heterocycles. The predicted octanol–water partition coefficient (Wildman–Crippen LogP) is 2.70. The van der Waals surface area contributed by atoms with Crippen LogP contribution in [0.5, 0.6) is 0 Å². The Morgan fingerprint density at radius 1 is 1.47 bits per heavy atom. The number of oxazole rings is 1. The summed E-state index contributed by atoms with van der Waals surface area (Å²) >= 11 is 0. The average Bonchev–Trinajstić information content (AvgIpc) is 2.83. The lowest BCUT2D eigenvalue weighted by molar-refractivity contribution is -0.0395. The van der Waals surface area contributed by atoms with Crippen LogP contribution in [0.15, 0.2) is 10.6 Å². The third-order valence-electron chi connectivity index (χ3n) is 3.45. The zero-order valence-electron chi connectivity index (χ0n) is 11.1. The van der Waals surface area contributed by atoms with Gasteiger partial charge in [0.1, 0.15) is 5.76 Å². The van der Waals surface area contributed by atoms with E-state index in [0.29, 0.717) is 31.9 Å². The van der Waals surface area contributed by atoms with E-state index in [9.17, 15) is 8.78 Å². The first kappa shape index (κ1) is 14.4. The molecule has 108 valence electrons. The largest absolute Gasteiger partial charge is 0.444 e. The van der Waals surface area contributed by atoms with Crippen LogP contribution in [0.2, 0.25) is 0 Å². The normalized spacial score (nSPS) is 19.7. The van der Waals surface area contributed by atoms with Gasteiger partial charge in [0.2, 0.25) is 11.8 Å². The fourth-order valence-corrected chi connectivity index (χ4v) is 2.29. The number of alkyl halides is 2. The van der Waals surface area contributed by atoms with Gasteiger partial charge in [-0.15, -0.1) is 0 Å². The molecular formula is C13H20F2N2O2. The molecule has 1 aliphatic carbocycles. The maximum absolute atomic E-state index is 13.1. The van der Waals surface area contributed by atoms with Crippen LogP contribution in [0.1, 0.15) is 43.3 Å². The van der Waals surface area contributed by atoms with Gasteiger partial charge in [-0.3, -0.25) is 0 Å². The topological polar surface area (TPSA) is 47.3 Å². The average molecular weight is 274 g/mol. The number of halogens is 2. The van der Waals surface area contributed by atoms with Gasteiger partial charge in [-0.05, 0) is 12.8 Å². The van der Waals surface area contributed by atoms with Gasteiger partial charge in [0.15, 0.2) is 0 Å². The monoisotopic (exact) mass is 274 g/mol. The van der Waals surface area contributed by atoms with Crippen molar-refractivity contribution in [3.05, 3.63) is 17.8 Å². The maximum Gasteiger partial charge on any atom is 0.248 e. The molecule has 1 saturated carbocycles. The summed E-state index contributed by atoms with van der Waals surface area (Å²) in [6.45, 7) is 1.89. The van der Waals surface area contributed by atoms with Crippen LogP contribution in [-0.2, 0) is 11.3 Å². The summed E-state index contributed by atoms with van der Waals surface area (Å²) in [5.74, 6) is -1.08. The summed E-state index contributed by atoms with van der Waals surface area (Å²) in [7, 11) is 1.64. The van der Waals surface area contributed by atoms with E-state index in [1.54, 1.807) is 13.3 Å². The van der Waals surface area contributed by atoms with E-state index in [-0.39, 0.29) is 18.8 Å². The summed E-state index contributed by atoms with van der Waals surface area (Å²) in [6, 6.07) is 0. The number of aromatic nitrogens is 1. The first-order chi connectivity index (χ1) is 9.11. The van der Waals surface area contributed by atoms with E-state index >= 15 is 0 Å². The lowest BCUT2D eigenvalue weighted by atomic mass is 9.85. The van der Waals surface area contributed by atoms with Gasteiger partial charge in [0.05, 0.1) is 19.3 Å². The molecule has 0 aromatic carbocycles. The lowest BCUT2D eigenvalue weighted by Crippen LogP contribution is -2.23. The number of nitrogens with zero attached hydrogens (tertiary/aromatic N) is 1. The summed E-state index contributed by atoms with van der Waals surface area (Å²) in [6.07, 6.45) is 2.50. The highest BCUT2D eigenvalue weighted by Crippen LogP contribution is 2.40. The molecule has 19 heavy (non-hydrogen) atoms. The van der Waals surface area contributed by atoms with Crippen molar-refractivity contribution >= 4 is 0 Å². The highest BCUT2D eigenvalue weighted by molar-refractivity contribution is 5.04. The maximum atomic E-state index is 13.1. The van der Waals surface area contributed by atoms with Crippen molar-refractivity contribution in [2.45, 2.75) is 44.1 Å². The molecule has 1 aromatic rings. The fourth-order valence-electron chi connectivity index (χ4n) is 2.29. The van der Waals surface area contributed by atoms with E-state index in [1.165, 1.54) is 0 Å². The van der Waals surface area contributed by atoms with E-state index < -0.39 is 5.92 Å². The standard InChI is InChI=1S/C13H20F2N2O2/c1-18-7-6-16-9-12-17-8-11(19-12)10-2-4-13(14,15)5-3-10/h8,10,16H,2-7,9H2,1H3. The molecule has 0 radical (unpaired) electrons. The Kier molecular flexibility index (Phi) is 4.87. The molecule has 0 amide bonds. The van der Waals surface area contributed by atoms with Crippen molar-refractivity contribution in [2.24, 2.45) is 0 Å². The second-order valence-corrected chi connectivity index (χ2v) is 4.96. The van der Waals surface area contributed by atoms with Crippen LogP contribution in [0.25, 0.3) is 0 Å². The molecule has 0 bridgehead atoms. The van der Waals surface area contributed by atoms with E-state index in [1.807, 2.05) is 0 Å². The highest BCUT2D eigenvalue weighted by atomic mass is 19.3. The Bertz CT molecular complexity index is 386. The predicted molar refractivity (Wildman–Crippen MR) is 66.2 cm³/mol. The summed E-state index contributed by atoms with van der Waals surface area (Å²) < 4.78 is 36.7. The minimum Gasteiger partial charge on any atom is -0.444 e. The van der Waals surface area contributed by atoms with Gasteiger partial charge in [-0.2, -0.15) is 0 Å². The van der Waals surface area contributed by atoms with E-state index in [0.717, 1.165) is 12.3 Å². The van der Waals surface area contributed by atoms with Crippen LogP contribution in [0, 0.1) is 0 Å². The molecule has 0 aliphatic heterocycles. The second kappa shape index (κ2) is 6.43. The third kappa shape index (κ3) is 4.24. The molecule has 1 N–H and O–H groups in total. The minimum atomic E-state index is -2.50. The molecule has 4 nitrogen and oxygen atoms in total. The minimum absolute atomic E-state index is 0.0558. The highest BCUT2D eigenvalue weighted by Gasteiger charge is 2.36. The first-order valence-electron chi connectivity index (χ1n) is 6.63.